The molecule has 5 nitrogen and oxygen atoms in total. The summed E-state index contributed by atoms with van der Waals surface area (Å²) in [6, 6.07) is 14.3. The van der Waals surface area contributed by atoms with E-state index in [1.807, 2.05) is 58.9 Å². The molecule has 7 heteroatoms. The van der Waals surface area contributed by atoms with Gasteiger partial charge >= 0.3 is 0 Å². The average molecular weight is 413 g/mol. The van der Waals surface area contributed by atoms with Gasteiger partial charge in [-0.15, -0.1) is 10.2 Å². The van der Waals surface area contributed by atoms with Crippen molar-refractivity contribution in [2.75, 3.05) is 0 Å². The summed E-state index contributed by atoms with van der Waals surface area (Å²) in [6.07, 6.45) is 0. The van der Waals surface area contributed by atoms with Crippen LogP contribution in [0.1, 0.15) is 33.3 Å². The van der Waals surface area contributed by atoms with Crippen LogP contribution in [-0.4, -0.2) is 31.5 Å². The topological polar surface area (TPSA) is 59.8 Å². The molecule has 1 atom stereocenters. The minimum Gasteiger partial charge on any atom is -0.351 e. The molecule has 0 fully saturated rings. The fraction of sp³-hybridized carbons (Fsp3) is 0.318. The van der Waals surface area contributed by atoms with Gasteiger partial charge in [0.05, 0.1) is 10.8 Å². The first kappa shape index (κ1) is 21.0. The molecule has 3 aromatic rings. The molecule has 0 saturated carbocycles. The van der Waals surface area contributed by atoms with Gasteiger partial charge in [0.1, 0.15) is 5.82 Å². The van der Waals surface area contributed by atoms with Crippen LogP contribution in [0, 0.1) is 12.7 Å². The quantitative estimate of drug-likeness (QED) is 0.613. The van der Waals surface area contributed by atoms with Gasteiger partial charge in [0.15, 0.2) is 11.0 Å². The van der Waals surface area contributed by atoms with Crippen molar-refractivity contribution < 1.29 is 9.18 Å². The summed E-state index contributed by atoms with van der Waals surface area (Å²) in [5.41, 5.74) is 1.96. The van der Waals surface area contributed by atoms with Crippen LogP contribution in [0.25, 0.3) is 17.1 Å². The van der Waals surface area contributed by atoms with Gasteiger partial charge in [-0.25, -0.2) is 4.39 Å². The fourth-order valence-corrected chi connectivity index (χ4v) is 3.64. The molecule has 1 N–H and O–H groups in total. The molecule has 152 valence electrons. The lowest BCUT2D eigenvalue weighted by Crippen LogP contribution is -2.44. The van der Waals surface area contributed by atoms with E-state index < -0.39 is 5.25 Å². The standard InChI is InChI=1S/C22H25FN4OS/c1-14-10-12-16(13-11-14)27-19(17-8-6-7-9-18(17)23)25-26-21(27)29-15(2)20(28)24-22(3,4)5/h6-13,15H,1-5H3,(H,24,28). The molecule has 2 aromatic carbocycles. The molecule has 0 spiro atoms. The van der Waals surface area contributed by atoms with Crippen LogP contribution >= 0.6 is 11.8 Å². The number of amides is 1. The van der Waals surface area contributed by atoms with Crippen LogP contribution in [-0.2, 0) is 4.79 Å². The highest BCUT2D eigenvalue weighted by Gasteiger charge is 2.25. The number of thioether (sulfide) groups is 1. The first-order chi connectivity index (χ1) is 13.7. The maximum Gasteiger partial charge on any atom is 0.233 e. The third kappa shape index (κ3) is 5.03. The smallest absolute Gasteiger partial charge is 0.233 e. The van der Waals surface area contributed by atoms with E-state index in [0.717, 1.165) is 11.3 Å². The molecule has 1 aromatic heterocycles. The van der Waals surface area contributed by atoms with E-state index in [1.165, 1.54) is 17.8 Å². The van der Waals surface area contributed by atoms with Gasteiger partial charge in [-0.05, 0) is 58.9 Å². The van der Waals surface area contributed by atoms with Crippen molar-refractivity contribution in [3.05, 3.63) is 59.9 Å². The van der Waals surface area contributed by atoms with Gasteiger partial charge in [-0.1, -0.05) is 41.6 Å². The van der Waals surface area contributed by atoms with Crippen molar-refractivity contribution >= 4 is 17.7 Å². The SMILES string of the molecule is Cc1ccc(-n2c(SC(C)C(=O)NC(C)(C)C)nnc2-c2ccccc2F)cc1. The molecule has 0 radical (unpaired) electrons. The number of rotatable bonds is 5. The van der Waals surface area contributed by atoms with Gasteiger partial charge < -0.3 is 5.32 Å². The Morgan fingerprint density at radius 1 is 1.10 bits per heavy atom. The summed E-state index contributed by atoms with van der Waals surface area (Å²) in [5.74, 6) is -0.0605. The molecule has 1 heterocycles. The summed E-state index contributed by atoms with van der Waals surface area (Å²) in [4.78, 5) is 12.5. The highest BCUT2D eigenvalue weighted by atomic mass is 32.2. The summed E-state index contributed by atoms with van der Waals surface area (Å²) in [5, 5.41) is 11.6. The Bertz CT molecular complexity index is 1010. The maximum absolute atomic E-state index is 14.5. The Hall–Kier alpha value is -2.67. The molecule has 3 rings (SSSR count). The van der Waals surface area contributed by atoms with Gasteiger partial charge in [0, 0.05) is 11.2 Å². The summed E-state index contributed by atoms with van der Waals surface area (Å²) in [7, 11) is 0. The second-order valence-corrected chi connectivity index (χ2v) is 9.26. The number of hydrogen-bond acceptors (Lipinski definition) is 4. The Morgan fingerprint density at radius 2 is 1.76 bits per heavy atom. The van der Waals surface area contributed by atoms with Crippen LogP contribution in [0.15, 0.2) is 53.7 Å². The van der Waals surface area contributed by atoms with Crippen molar-refractivity contribution in [2.45, 2.75) is 50.6 Å². The number of halogens is 1. The lowest BCUT2D eigenvalue weighted by Gasteiger charge is -2.23. The normalized spacial score (nSPS) is 12.6. The van der Waals surface area contributed by atoms with Crippen LogP contribution in [0.4, 0.5) is 4.39 Å². The van der Waals surface area contributed by atoms with E-state index in [-0.39, 0.29) is 17.3 Å². The number of aryl methyl sites for hydroxylation is 1. The van der Waals surface area contributed by atoms with Crippen LogP contribution in [0.3, 0.4) is 0 Å². The van der Waals surface area contributed by atoms with Crippen LogP contribution in [0.2, 0.25) is 0 Å². The van der Waals surface area contributed by atoms with Crippen molar-refractivity contribution in [3.63, 3.8) is 0 Å². The van der Waals surface area contributed by atoms with Crippen molar-refractivity contribution in [2.24, 2.45) is 0 Å². The predicted octanol–water partition coefficient (Wildman–Crippen LogP) is 4.78. The van der Waals surface area contributed by atoms with Gasteiger partial charge in [0.2, 0.25) is 5.91 Å². The first-order valence-corrected chi connectivity index (χ1v) is 10.3. The number of hydrogen-bond donors (Lipinski definition) is 1. The lowest BCUT2D eigenvalue weighted by molar-refractivity contribution is -0.121. The number of nitrogens with one attached hydrogen (secondary N) is 1. The molecule has 0 aliphatic carbocycles. The lowest BCUT2D eigenvalue weighted by atomic mass is 10.1. The average Bonchev–Trinajstić information content (AvgIpc) is 3.04. The predicted molar refractivity (Wildman–Crippen MR) is 115 cm³/mol. The Balaban J connectivity index is 2.03. The number of aromatic nitrogens is 3. The zero-order chi connectivity index (χ0) is 21.2. The minimum absolute atomic E-state index is 0.0894. The Kier molecular flexibility index (Phi) is 6.07. The summed E-state index contributed by atoms with van der Waals surface area (Å²) >= 11 is 1.29. The number of benzene rings is 2. The second kappa shape index (κ2) is 8.37. The van der Waals surface area contributed by atoms with E-state index >= 15 is 0 Å². The van der Waals surface area contributed by atoms with Crippen LogP contribution < -0.4 is 5.32 Å². The maximum atomic E-state index is 14.5. The highest BCUT2D eigenvalue weighted by molar-refractivity contribution is 8.00. The molecule has 1 amide bonds. The van der Waals surface area contributed by atoms with E-state index in [2.05, 4.69) is 15.5 Å². The van der Waals surface area contributed by atoms with Crippen LogP contribution in [0.5, 0.6) is 0 Å². The molecule has 0 aliphatic heterocycles. The molecule has 0 aliphatic rings. The molecule has 29 heavy (non-hydrogen) atoms. The van der Waals surface area contributed by atoms with Gasteiger partial charge in [-0.3, -0.25) is 9.36 Å². The van der Waals surface area contributed by atoms with Crippen molar-refractivity contribution in [1.29, 1.82) is 0 Å². The van der Waals surface area contributed by atoms with E-state index in [1.54, 1.807) is 22.8 Å². The molecular weight excluding hydrogens is 387 g/mol. The molecular formula is C22H25FN4OS. The number of carbonyl (C=O) groups excluding carboxylic acids is 1. The van der Waals surface area contributed by atoms with E-state index in [0.29, 0.717) is 16.5 Å². The second-order valence-electron chi connectivity index (χ2n) is 7.96. The Morgan fingerprint density at radius 3 is 2.38 bits per heavy atom. The number of nitrogens with zero attached hydrogens (tertiary/aromatic N) is 3. The van der Waals surface area contributed by atoms with Crippen molar-refractivity contribution in [1.82, 2.24) is 20.1 Å². The molecule has 0 bridgehead atoms. The van der Waals surface area contributed by atoms with Crippen molar-refractivity contribution in [3.8, 4) is 17.1 Å². The zero-order valence-corrected chi connectivity index (χ0v) is 18.0. The van der Waals surface area contributed by atoms with E-state index in [4.69, 9.17) is 0 Å². The molecule has 0 saturated heterocycles. The number of carbonyl (C=O) groups is 1. The highest BCUT2D eigenvalue weighted by Crippen LogP contribution is 2.31. The van der Waals surface area contributed by atoms with E-state index in [9.17, 15) is 9.18 Å². The van der Waals surface area contributed by atoms with Gasteiger partial charge in [-0.2, -0.15) is 0 Å². The summed E-state index contributed by atoms with van der Waals surface area (Å²) < 4.78 is 16.3. The Labute approximate surface area is 174 Å². The summed E-state index contributed by atoms with van der Waals surface area (Å²) in [6.45, 7) is 9.64. The largest absolute Gasteiger partial charge is 0.351 e. The third-order valence-electron chi connectivity index (χ3n) is 4.19. The third-order valence-corrected chi connectivity index (χ3v) is 5.23. The molecule has 1 unspecified atom stereocenters. The monoisotopic (exact) mass is 412 g/mol. The zero-order valence-electron chi connectivity index (χ0n) is 17.2. The van der Waals surface area contributed by atoms with Gasteiger partial charge in [0.25, 0.3) is 0 Å². The fourth-order valence-electron chi connectivity index (χ4n) is 2.77. The first-order valence-electron chi connectivity index (χ1n) is 9.42. The minimum atomic E-state index is -0.393.